The second-order valence-electron chi connectivity index (χ2n) is 5.61. The van der Waals surface area contributed by atoms with Crippen molar-refractivity contribution < 1.29 is 9.59 Å². The molecule has 118 valence electrons. The van der Waals surface area contributed by atoms with Gasteiger partial charge in [-0.1, -0.05) is 24.3 Å². The molecule has 0 spiro atoms. The van der Waals surface area contributed by atoms with Crippen molar-refractivity contribution in [2.75, 3.05) is 25.0 Å². The van der Waals surface area contributed by atoms with Crippen molar-refractivity contribution in [3.8, 4) is 0 Å². The highest BCUT2D eigenvalue weighted by Gasteiger charge is 2.22. The second kappa shape index (κ2) is 6.60. The summed E-state index contributed by atoms with van der Waals surface area (Å²) in [7, 11) is 1.70. The minimum Gasteiger partial charge on any atom is -0.337 e. The van der Waals surface area contributed by atoms with E-state index in [1.807, 2.05) is 30.3 Å². The number of pyridine rings is 1. The zero-order valence-electron chi connectivity index (χ0n) is 13.1. The van der Waals surface area contributed by atoms with E-state index in [0.29, 0.717) is 5.69 Å². The number of hydrogen-bond acceptors (Lipinski definition) is 3. The molecule has 0 saturated carbocycles. The molecule has 0 N–H and O–H groups in total. The molecule has 3 rings (SSSR count). The number of carbonyl (C=O) groups excluding carboxylic acids is 2. The van der Waals surface area contributed by atoms with Gasteiger partial charge in [-0.3, -0.25) is 9.59 Å². The summed E-state index contributed by atoms with van der Waals surface area (Å²) in [6, 6.07) is 14.4. The summed E-state index contributed by atoms with van der Waals surface area (Å²) in [6.45, 7) is 1.53. The van der Waals surface area contributed by atoms with Crippen molar-refractivity contribution in [1.82, 2.24) is 9.88 Å². The van der Waals surface area contributed by atoms with Crippen molar-refractivity contribution in [2.24, 2.45) is 0 Å². The average Bonchev–Trinajstić information content (AvgIpc) is 3.15. The van der Waals surface area contributed by atoms with Gasteiger partial charge >= 0.3 is 0 Å². The Morgan fingerprint density at radius 1 is 0.957 bits per heavy atom. The first kappa shape index (κ1) is 15.2. The van der Waals surface area contributed by atoms with Crippen molar-refractivity contribution in [3.63, 3.8) is 0 Å². The lowest BCUT2D eigenvalue weighted by molar-refractivity contribution is 0.0787. The molecule has 5 heteroatoms. The first-order valence-corrected chi connectivity index (χ1v) is 7.76. The van der Waals surface area contributed by atoms with Crippen molar-refractivity contribution >= 4 is 17.5 Å². The molecule has 0 bridgehead atoms. The Balaban J connectivity index is 1.81. The Morgan fingerprint density at radius 2 is 1.61 bits per heavy atom. The molecule has 1 aliphatic rings. The minimum atomic E-state index is -0.229. The number of anilines is 1. The van der Waals surface area contributed by atoms with Crippen LogP contribution in [-0.4, -0.2) is 41.8 Å². The van der Waals surface area contributed by atoms with Gasteiger partial charge in [0.1, 0.15) is 11.4 Å². The predicted octanol–water partition coefficient (Wildman–Crippen LogP) is 2.59. The van der Waals surface area contributed by atoms with Gasteiger partial charge < -0.3 is 9.80 Å². The van der Waals surface area contributed by atoms with Crippen molar-refractivity contribution in [1.29, 1.82) is 0 Å². The summed E-state index contributed by atoms with van der Waals surface area (Å²) in [5.74, 6) is -0.327. The third kappa shape index (κ3) is 3.23. The minimum absolute atomic E-state index is 0.0977. The predicted molar refractivity (Wildman–Crippen MR) is 88.6 cm³/mol. The van der Waals surface area contributed by atoms with Crippen LogP contribution < -0.4 is 4.90 Å². The molecule has 1 aliphatic heterocycles. The number of aromatic nitrogens is 1. The molecule has 0 atom stereocenters. The zero-order valence-corrected chi connectivity index (χ0v) is 13.1. The molecule has 1 aromatic carbocycles. The summed E-state index contributed by atoms with van der Waals surface area (Å²) in [6.07, 6.45) is 2.06. The van der Waals surface area contributed by atoms with Gasteiger partial charge in [0.2, 0.25) is 0 Å². The lowest BCUT2D eigenvalue weighted by atomic mass is 10.2. The van der Waals surface area contributed by atoms with Gasteiger partial charge in [-0.2, -0.15) is 0 Å². The highest BCUT2D eigenvalue weighted by molar-refractivity contribution is 6.05. The van der Waals surface area contributed by atoms with Crippen LogP contribution in [0.1, 0.15) is 33.8 Å². The van der Waals surface area contributed by atoms with Crippen LogP contribution >= 0.6 is 0 Å². The van der Waals surface area contributed by atoms with Crippen LogP contribution in [0.4, 0.5) is 5.69 Å². The number of hydrogen-bond donors (Lipinski definition) is 0. The fraction of sp³-hybridized carbons (Fsp3) is 0.278. The molecule has 1 fully saturated rings. The second-order valence-corrected chi connectivity index (χ2v) is 5.61. The fourth-order valence-corrected chi connectivity index (χ4v) is 2.70. The Kier molecular flexibility index (Phi) is 4.37. The average molecular weight is 309 g/mol. The number of benzene rings is 1. The molecule has 23 heavy (non-hydrogen) atoms. The Hall–Kier alpha value is -2.69. The molecule has 2 aromatic rings. The summed E-state index contributed by atoms with van der Waals surface area (Å²) in [4.78, 5) is 32.6. The largest absolute Gasteiger partial charge is 0.337 e. The van der Waals surface area contributed by atoms with E-state index in [-0.39, 0.29) is 17.5 Å². The van der Waals surface area contributed by atoms with Crippen LogP contribution in [0.25, 0.3) is 0 Å². The maximum Gasteiger partial charge on any atom is 0.276 e. The molecule has 1 aromatic heterocycles. The molecular formula is C18H19N3O2. The molecule has 2 heterocycles. The van der Waals surface area contributed by atoms with Gasteiger partial charge in [0, 0.05) is 25.8 Å². The van der Waals surface area contributed by atoms with Crippen LogP contribution in [0.2, 0.25) is 0 Å². The van der Waals surface area contributed by atoms with Gasteiger partial charge in [0.05, 0.1) is 0 Å². The number of amides is 2. The van der Waals surface area contributed by atoms with E-state index in [1.165, 1.54) is 4.90 Å². The van der Waals surface area contributed by atoms with E-state index in [9.17, 15) is 9.59 Å². The molecule has 0 unspecified atom stereocenters. The van der Waals surface area contributed by atoms with E-state index >= 15 is 0 Å². The number of rotatable bonds is 3. The Bertz CT molecular complexity index is 709. The normalized spacial score (nSPS) is 13.9. The van der Waals surface area contributed by atoms with E-state index < -0.39 is 0 Å². The molecule has 1 saturated heterocycles. The van der Waals surface area contributed by atoms with Crippen LogP contribution in [0.5, 0.6) is 0 Å². The maximum atomic E-state index is 12.6. The van der Waals surface area contributed by atoms with E-state index in [2.05, 4.69) is 4.98 Å². The third-order valence-electron chi connectivity index (χ3n) is 4.03. The highest BCUT2D eigenvalue weighted by atomic mass is 16.2. The lowest BCUT2D eigenvalue weighted by Crippen LogP contribution is -2.30. The van der Waals surface area contributed by atoms with Crippen molar-refractivity contribution in [3.05, 3.63) is 59.9 Å². The standard InChI is InChI=1S/C18H19N3O2/c1-20(14-8-3-2-4-9-14)17(22)15-10-7-11-16(19-15)18(23)21-12-5-6-13-21/h2-4,7-11H,5-6,12-13H2,1H3. The third-order valence-corrected chi connectivity index (χ3v) is 4.03. The van der Waals surface area contributed by atoms with Crippen LogP contribution in [0, 0.1) is 0 Å². The van der Waals surface area contributed by atoms with Gasteiger partial charge in [-0.15, -0.1) is 0 Å². The highest BCUT2D eigenvalue weighted by Crippen LogP contribution is 2.15. The van der Waals surface area contributed by atoms with Gasteiger partial charge in [-0.25, -0.2) is 4.98 Å². The molecule has 0 aliphatic carbocycles. The zero-order chi connectivity index (χ0) is 16.2. The lowest BCUT2D eigenvalue weighted by Gasteiger charge is -2.18. The SMILES string of the molecule is CN(C(=O)c1cccc(C(=O)N2CCCC2)n1)c1ccccc1. The van der Waals surface area contributed by atoms with E-state index in [1.54, 1.807) is 30.1 Å². The quantitative estimate of drug-likeness (QED) is 0.875. The number of nitrogens with zero attached hydrogens (tertiary/aromatic N) is 3. The van der Waals surface area contributed by atoms with Crippen molar-refractivity contribution in [2.45, 2.75) is 12.8 Å². The maximum absolute atomic E-state index is 12.6. The monoisotopic (exact) mass is 309 g/mol. The summed E-state index contributed by atoms with van der Waals surface area (Å²) in [5, 5.41) is 0. The van der Waals surface area contributed by atoms with Gasteiger partial charge in [0.25, 0.3) is 11.8 Å². The molecule has 0 radical (unpaired) electrons. The molecule has 5 nitrogen and oxygen atoms in total. The smallest absolute Gasteiger partial charge is 0.276 e. The molecule has 2 amide bonds. The summed E-state index contributed by atoms with van der Waals surface area (Å²) in [5.41, 5.74) is 1.40. The van der Waals surface area contributed by atoms with E-state index in [4.69, 9.17) is 0 Å². The summed E-state index contributed by atoms with van der Waals surface area (Å²) < 4.78 is 0. The first-order valence-electron chi connectivity index (χ1n) is 7.76. The topological polar surface area (TPSA) is 53.5 Å². The fourth-order valence-electron chi connectivity index (χ4n) is 2.70. The number of carbonyl (C=O) groups is 2. The van der Waals surface area contributed by atoms with Crippen LogP contribution in [-0.2, 0) is 0 Å². The number of para-hydroxylation sites is 1. The first-order chi connectivity index (χ1) is 11.2. The molecular weight excluding hydrogens is 290 g/mol. The Morgan fingerprint density at radius 3 is 2.30 bits per heavy atom. The van der Waals surface area contributed by atoms with Crippen LogP contribution in [0.15, 0.2) is 48.5 Å². The Labute approximate surface area is 135 Å². The van der Waals surface area contributed by atoms with Gasteiger partial charge in [0.15, 0.2) is 0 Å². The number of likely N-dealkylation sites (tertiary alicyclic amines) is 1. The van der Waals surface area contributed by atoms with Crippen LogP contribution in [0.3, 0.4) is 0 Å². The summed E-state index contributed by atoms with van der Waals surface area (Å²) >= 11 is 0. The van der Waals surface area contributed by atoms with E-state index in [0.717, 1.165) is 31.6 Å². The van der Waals surface area contributed by atoms with Gasteiger partial charge in [-0.05, 0) is 37.1 Å².